The Labute approximate surface area is 186 Å². The van der Waals surface area contributed by atoms with E-state index < -0.39 is 5.97 Å². The molecule has 0 N–H and O–H groups in total. The summed E-state index contributed by atoms with van der Waals surface area (Å²) < 4.78 is 6.21. The lowest BCUT2D eigenvalue weighted by Gasteiger charge is -2.34. The highest BCUT2D eigenvalue weighted by atomic mass is 16.6. The van der Waals surface area contributed by atoms with Gasteiger partial charge in [-0.1, -0.05) is 85.0 Å². The summed E-state index contributed by atoms with van der Waals surface area (Å²) in [5.74, 6) is -0.981. The fraction of sp³-hybridized carbons (Fsp3) is 0.923. The molecule has 0 atom stereocenters. The molecule has 0 bridgehead atoms. The average Bonchev–Trinajstić information content (AvgIpc) is 2.72. The first-order chi connectivity index (χ1) is 14.5. The highest BCUT2D eigenvalue weighted by molar-refractivity contribution is 5.69. The number of hydrogen-bond acceptors (Lipinski definition) is 4. The molecule has 0 aromatic heterocycles. The van der Waals surface area contributed by atoms with Crippen molar-refractivity contribution in [3.63, 3.8) is 0 Å². The second-order valence-electron chi connectivity index (χ2n) is 9.02. The van der Waals surface area contributed by atoms with E-state index in [1.165, 1.54) is 25.7 Å². The first-order valence-electron chi connectivity index (χ1n) is 12.9. The summed E-state index contributed by atoms with van der Waals surface area (Å²) in [7, 11) is 0. The van der Waals surface area contributed by atoms with Crippen LogP contribution in [0.15, 0.2) is 0 Å². The van der Waals surface area contributed by atoms with Gasteiger partial charge in [-0.15, -0.1) is 0 Å². The molecule has 0 radical (unpaired) electrons. The number of carboxylic acids is 1. The second kappa shape index (κ2) is 19.9. The zero-order valence-corrected chi connectivity index (χ0v) is 20.3. The van der Waals surface area contributed by atoms with Gasteiger partial charge in [0.05, 0.1) is 0 Å². The number of hydrogen-bond donors (Lipinski definition) is 0. The lowest BCUT2D eigenvalue weighted by molar-refractivity contribution is -0.305. The Balaban J connectivity index is 4.41. The number of carbonyl (C=O) groups excluding carboxylic acids is 2. The highest BCUT2D eigenvalue weighted by Gasteiger charge is 2.32. The number of carboxylic acid groups (broad SMARTS) is 1. The van der Waals surface area contributed by atoms with Crippen LogP contribution in [0.4, 0.5) is 0 Å². The molecule has 0 aromatic rings. The Morgan fingerprint density at radius 3 is 1.57 bits per heavy atom. The quantitative estimate of drug-likeness (QED) is 0.140. The highest BCUT2D eigenvalue weighted by Crippen LogP contribution is 2.33. The normalized spacial score (nSPS) is 11.6. The van der Waals surface area contributed by atoms with Crippen molar-refractivity contribution in [3.8, 4) is 0 Å². The smallest absolute Gasteiger partial charge is 0.306 e. The molecular formula is C26H49O4-. The Kier molecular flexibility index (Phi) is 19.2. The monoisotopic (exact) mass is 425 g/mol. The summed E-state index contributed by atoms with van der Waals surface area (Å²) in [5.41, 5.74) is -0.250. The van der Waals surface area contributed by atoms with Gasteiger partial charge < -0.3 is 14.6 Å². The molecule has 0 unspecified atom stereocenters. The molecule has 0 amide bonds. The van der Waals surface area contributed by atoms with E-state index in [0.717, 1.165) is 83.5 Å². The van der Waals surface area contributed by atoms with Crippen molar-refractivity contribution in [2.75, 3.05) is 0 Å². The van der Waals surface area contributed by atoms with Crippen molar-refractivity contribution in [1.82, 2.24) is 0 Å². The molecule has 0 saturated heterocycles. The fourth-order valence-corrected chi connectivity index (χ4v) is 4.12. The predicted molar refractivity (Wildman–Crippen MR) is 123 cm³/mol. The number of aliphatic carboxylic acids is 1. The van der Waals surface area contributed by atoms with Crippen LogP contribution >= 0.6 is 0 Å². The van der Waals surface area contributed by atoms with Crippen LogP contribution in [0, 0.1) is 0 Å². The van der Waals surface area contributed by atoms with Crippen LogP contribution in [-0.4, -0.2) is 17.5 Å². The van der Waals surface area contributed by atoms with Gasteiger partial charge in [-0.2, -0.15) is 0 Å². The SMILES string of the molecule is CCCCCCCC(CCCC)(CCCC)OC(=O)CCCCCCCCC(=O)[O-]. The average molecular weight is 426 g/mol. The lowest BCUT2D eigenvalue weighted by Crippen LogP contribution is -2.35. The summed E-state index contributed by atoms with van der Waals surface area (Å²) in [5, 5.41) is 10.4. The topological polar surface area (TPSA) is 66.4 Å². The largest absolute Gasteiger partial charge is 0.550 e. The fourth-order valence-electron chi connectivity index (χ4n) is 4.12. The van der Waals surface area contributed by atoms with Gasteiger partial charge in [-0.3, -0.25) is 4.79 Å². The van der Waals surface area contributed by atoms with Gasteiger partial charge in [0.15, 0.2) is 0 Å². The van der Waals surface area contributed by atoms with E-state index in [1.807, 2.05) is 0 Å². The van der Waals surface area contributed by atoms with E-state index >= 15 is 0 Å². The van der Waals surface area contributed by atoms with Crippen molar-refractivity contribution in [1.29, 1.82) is 0 Å². The van der Waals surface area contributed by atoms with Crippen molar-refractivity contribution in [2.24, 2.45) is 0 Å². The first kappa shape index (κ1) is 28.9. The van der Waals surface area contributed by atoms with Crippen LogP contribution in [0.1, 0.15) is 149 Å². The number of unbranched alkanes of at least 4 members (excludes halogenated alkanes) is 11. The molecule has 0 aliphatic carbocycles. The summed E-state index contributed by atoms with van der Waals surface area (Å²) in [6.45, 7) is 6.66. The maximum Gasteiger partial charge on any atom is 0.306 e. The van der Waals surface area contributed by atoms with Gasteiger partial charge in [-0.05, 0) is 57.8 Å². The van der Waals surface area contributed by atoms with E-state index in [4.69, 9.17) is 4.74 Å². The van der Waals surface area contributed by atoms with Crippen molar-refractivity contribution in [3.05, 3.63) is 0 Å². The van der Waals surface area contributed by atoms with Gasteiger partial charge in [-0.25, -0.2) is 0 Å². The molecule has 0 saturated carbocycles. The number of esters is 1. The summed E-state index contributed by atoms with van der Waals surface area (Å²) in [6.07, 6.45) is 20.0. The molecule has 0 aromatic carbocycles. The zero-order valence-electron chi connectivity index (χ0n) is 20.3. The standard InChI is InChI=1S/C26H50O4/c1-4-7-10-15-18-23-26(21-8-5-2,22-9-6-3)30-25(29)20-17-14-12-11-13-16-19-24(27)28/h4-23H2,1-3H3,(H,27,28)/p-1. The molecule has 4 nitrogen and oxygen atoms in total. The molecule has 0 aliphatic heterocycles. The van der Waals surface area contributed by atoms with Crippen LogP contribution in [0.3, 0.4) is 0 Å². The minimum Gasteiger partial charge on any atom is -0.550 e. The van der Waals surface area contributed by atoms with E-state index in [0.29, 0.717) is 12.8 Å². The molecule has 0 aliphatic rings. The molecule has 0 spiro atoms. The van der Waals surface area contributed by atoms with Crippen molar-refractivity contribution >= 4 is 11.9 Å². The lowest BCUT2D eigenvalue weighted by atomic mass is 9.85. The number of rotatable bonds is 22. The maximum atomic E-state index is 12.6. The summed E-state index contributed by atoms with van der Waals surface area (Å²) in [6, 6.07) is 0. The zero-order chi connectivity index (χ0) is 22.5. The third kappa shape index (κ3) is 16.7. The van der Waals surface area contributed by atoms with Crippen LogP contribution in [0.5, 0.6) is 0 Å². The summed E-state index contributed by atoms with van der Waals surface area (Å²) in [4.78, 5) is 23.0. The molecule has 0 rings (SSSR count). The van der Waals surface area contributed by atoms with Crippen molar-refractivity contribution < 1.29 is 19.4 Å². The first-order valence-corrected chi connectivity index (χ1v) is 12.9. The predicted octanol–water partition coefficient (Wildman–Crippen LogP) is 6.88. The van der Waals surface area contributed by atoms with Gasteiger partial charge in [0.25, 0.3) is 0 Å². The molecule has 0 heterocycles. The van der Waals surface area contributed by atoms with Crippen LogP contribution in [0.25, 0.3) is 0 Å². The van der Waals surface area contributed by atoms with Crippen molar-refractivity contribution in [2.45, 2.75) is 155 Å². The molecule has 0 fully saturated rings. The minimum absolute atomic E-state index is 0.0206. The second-order valence-corrected chi connectivity index (χ2v) is 9.02. The van der Waals surface area contributed by atoms with E-state index in [2.05, 4.69) is 20.8 Å². The molecule has 4 heteroatoms. The third-order valence-corrected chi connectivity index (χ3v) is 6.05. The number of carbonyl (C=O) groups is 2. The van der Waals surface area contributed by atoms with Crippen LogP contribution in [0.2, 0.25) is 0 Å². The minimum atomic E-state index is -0.960. The molecule has 30 heavy (non-hydrogen) atoms. The summed E-state index contributed by atoms with van der Waals surface area (Å²) >= 11 is 0. The third-order valence-electron chi connectivity index (χ3n) is 6.05. The Hall–Kier alpha value is -1.06. The van der Waals surface area contributed by atoms with Crippen LogP contribution in [-0.2, 0) is 14.3 Å². The maximum absolute atomic E-state index is 12.6. The van der Waals surface area contributed by atoms with E-state index in [1.54, 1.807) is 0 Å². The number of ether oxygens (including phenoxy) is 1. The Morgan fingerprint density at radius 2 is 1.03 bits per heavy atom. The van der Waals surface area contributed by atoms with E-state index in [9.17, 15) is 14.7 Å². The van der Waals surface area contributed by atoms with Gasteiger partial charge in [0, 0.05) is 12.4 Å². The van der Waals surface area contributed by atoms with E-state index in [-0.39, 0.29) is 18.0 Å². The molecular weight excluding hydrogens is 376 g/mol. The Bertz CT molecular complexity index is 411. The van der Waals surface area contributed by atoms with Gasteiger partial charge in [0.2, 0.25) is 0 Å². The van der Waals surface area contributed by atoms with Gasteiger partial charge >= 0.3 is 5.97 Å². The van der Waals surface area contributed by atoms with Crippen LogP contribution < -0.4 is 5.11 Å². The molecule has 178 valence electrons. The Morgan fingerprint density at radius 1 is 0.600 bits per heavy atom. The van der Waals surface area contributed by atoms with Gasteiger partial charge in [0.1, 0.15) is 5.60 Å².